The maximum atomic E-state index is 13.8. The number of hydrogen-bond donors (Lipinski definition) is 2. The molecule has 1 aromatic carbocycles. The number of anilines is 1. The third-order valence-electron chi connectivity index (χ3n) is 5.96. The van der Waals surface area contributed by atoms with Crippen LogP contribution in [0, 0.1) is 6.92 Å². The first-order valence-electron chi connectivity index (χ1n) is 12.0. The summed E-state index contributed by atoms with van der Waals surface area (Å²) >= 11 is 0.664. The number of halogens is 3. The van der Waals surface area contributed by atoms with Crippen molar-refractivity contribution in [2.75, 3.05) is 5.32 Å². The van der Waals surface area contributed by atoms with E-state index in [0.717, 1.165) is 6.07 Å². The van der Waals surface area contributed by atoms with E-state index in [-0.39, 0.29) is 38.8 Å². The quantitative estimate of drug-likeness (QED) is 0.268. The Kier molecular flexibility index (Phi) is 7.02. The fraction of sp³-hybridized carbons (Fsp3) is 0.192. The van der Waals surface area contributed by atoms with E-state index in [1.165, 1.54) is 16.9 Å². The molecule has 0 atom stereocenters. The number of alkyl halides is 3. The molecular weight excluding hydrogens is 547 g/mol. The lowest BCUT2D eigenvalue weighted by Crippen LogP contribution is -2.18. The van der Waals surface area contributed by atoms with Crippen molar-refractivity contribution in [1.82, 2.24) is 24.5 Å². The summed E-state index contributed by atoms with van der Waals surface area (Å²) in [4.78, 5) is 29.1. The number of aryl methyl sites for hydroxylation is 2. The second kappa shape index (κ2) is 10.4. The number of para-hydroxylation sites is 1. The van der Waals surface area contributed by atoms with Gasteiger partial charge < -0.3 is 15.8 Å². The number of pyridine rings is 1. The van der Waals surface area contributed by atoms with E-state index in [4.69, 9.17) is 10.5 Å². The molecule has 0 saturated carbocycles. The molecule has 0 bridgehead atoms. The summed E-state index contributed by atoms with van der Waals surface area (Å²) in [6, 6.07) is 11.3. The van der Waals surface area contributed by atoms with Gasteiger partial charge in [-0.05, 0) is 43.7 Å². The van der Waals surface area contributed by atoms with Crippen LogP contribution in [-0.4, -0.2) is 36.4 Å². The van der Waals surface area contributed by atoms with Gasteiger partial charge in [-0.1, -0.05) is 18.2 Å². The Morgan fingerprint density at radius 1 is 1.10 bits per heavy atom. The van der Waals surface area contributed by atoms with E-state index in [9.17, 15) is 22.8 Å². The molecule has 0 aliphatic heterocycles. The van der Waals surface area contributed by atoms with E-state index in [1.54, 1.807) is 29.9 Å². The molecule has 5 rings (SSSR count). The number of nitrogens with one attached hydrogen (secondary N) is 1. The standard InChI is InChI=1S/C26H22F3N7O3S/c1-3-35-12-17(14(2)33-35)16-11-19(26(27,28)29)31-25-20(16)21(22(40-25)23(30)37)32-24(38)18-9-10-36(34-18)13-39-15-7-5-4-6-8-15/h4-12H,3,13H2,1-2H3,(H2,30,37)(H,32,38). The molecule has 0 aliphatic carbocycles. The number of amides is 2. The summed E-state index contributed by atoms with van der Waals surface area (Å²) in [7, 11) is 0. The zero-order valence-electron chi connectivity index (χ0n) is 21.2. The van der Waals surface area contributed by atoms with Crippen LogP contribution in [0.2, 0.25) is 0 Å². The number of fused-ring (bicyclic) bond motifs is 1. The van der Waals surface area contributed by atoms with Crippen molar-refractivity contribution in [3.05, 3.63) is 76.8 Å². The fourth-order valence-corrected chi connectivity index (χ4v) is 5.09. The topological polar surface area (TPSA) is 130 Å². The third-order valence-corrected chi connectivity index (χ3v) is 7.05. The Labute approximate surface area is 229 Å². The molecule has 0 unspecified atom stereocenters. The van der Waals surface area contributed by atoms with Crippen LogP contribution in [0.1, 0.15) is 38.5 Å². The number of thiophene rings is 1. The number of primary amides is 1. The lowest BCUT2D eigenvalue weighted by Gasteiger charge is -2.11. The van der Waals surface area contributed by atoms with Gasteiger partial charge in [0.1, 0.15) is 21.2 Å². The second-order valence-electron chi connectivity index (χ2n) is 8.67. The normalized spacial score (nSPS) is 11.6. The number of benzene rings is 1. The highest BCUT2D eigenvalue weighted by molar-refractivity contribution is 7.21. The molecule has 0 fully saturated rings. The van der Waals surface area contributed by atoms with Gasteiger partial charge in [0, 0.05) is 29.9 Å². The van der Waals surface area contributed by atoms with Crippen molar-refractivity contribution in [3.63, 3.8) is 0 Å². The van der Waals surface area contributed by atoms with Gasteiger partial charge in [0.25, 0.3) is 11.8 Å². The molecule has 206 valence electrons. The average Bonchev–Trinajstić information content (AvgIpc) is 3.64. The van der Waals surface area contributed by atoms with Crippen LogP contribution in [-0.2, 0) is 19.5 Å². The molecule has 40 heavy (non-hydrogen) atoms. The largest absolute Gasteiger partial charge is 0.471 e. The predicted molar refractivity (Wildman–Crippen MR) is 142 cm³/mol. The van der Waals surface area contributed by atoms with Crippen LogP contribution >= 0.6 is 11.3 Å². The van der Waals surface area contributed by atoms with E-state index >= 15 is 0 Å². The summed E-state index contributed by atoms with van der Waals surface area (Å²) in [6.45, 7) is 4.01. The Morgan fingerprint density at radius 2 is 1.85 bits per heavy atom. The highest BCUT2D eigenvalue weighted by atomic mass is 32.1. The van der Waals surface area contributed by atoms with Crippen LogP contribution in [0.15, 0.2) is 54.9 Å². The zero-order chi connectivity index (χ0) is 28.6. The second-order valence-corrected chi connectivity index (χ2v) is 9.67. The smallest absolute Gasteiger partial charge is 0.433 e. The zero-order valence-corrected chi connectivity index (χ0v) is 22.0. The number of nitrogens with zero attached hydrogens (tertiary/aromatic N) is 5. The summed E-state index contributed by atoms with van der Waals surface area (Å²) in [5.41, 5.74) is 5.33. The number of ether oxygens (including phenoxy) is 1. The number of carbonyl (C=O) groups excluding carboxylic acids is 2. The number of hydrogen-bond acceptors (Lipinski definition) is 7. The number of rotatable bonds is 8. The first-order chi connectivity index (χ1) is 19.0. The molecule has 3 N–H and O–H groups in total. The Morgan fingerprint density at radius 3 is 2.50 bits per heavy atom. The Balaban J connectivity index is 1.56. The van der Waals surface area contributed by atoms with Crippen LogP contribution in [0.4, 0.5) is 18.9 Å². The van der Waals surface area contributed by atoms with Gasteiger partial charge in [-0.25, -0.2) is 9.67 Å². The molecular formula is C26H22F3N7O3S. The predicted octanol–water partition coefficient (Wildman–Crippen LogP) is 5.09. The molecule has 14 heteroatoms. The number of carbonyl (C=O) groups is 2. The van der Waals surface area contributed by atoms with Gasteiger partial charge in [0.05, 0.1) is 11.4 Å². The van der Waals surface area contributed by atoms with Gasteiger partial charge in [-0.15, -0.1) is 11.3 Å². The van der Waals surface area contributed by atoms with E-state index in [0.29, 0.717) is 34.9 Å². The Bertz CT molecular complexity index is 1720. The molecule has 0 radical (unpaired) electrons. The van der Waals surface area contributed by atoms with Gasteiger partial charge in [-0.3, -0.25) is 14.3 Å². The van der Waals surface area contributed by atoms with Crippen LogP contribution < -0.4 is 15.8 Å². The minimum absolute atomic E-state index is 0.0113. The Hall–Kier alpha value is -4.72. The number of aromatic nitrogens is 5. The molecule has 5 aromatic rings. The lowest BCUT2D eigenvalue weighted by atomic mass is 10.0. The van der Waals surface area contributed by atoms with Crippen molar-refractivity contribution < 1.29 is 27.5 Å². The first kappa shape index (κ1) is 26.9. The molecule has 4 heterocycles. The maximum absolute atomic E-state index is 13.8. The van der Waals surface area contributed by atoms with E-state index in [2.05, 4.69) is 20.5 Å². The number of nitrogens with two attached hydrogens (primary N) is 1. The van der Waals surface area contributed by atoms with Crippen molar-refractivity contribution in [1.29, 1.82) is 0 Å². The minimum Gasteiger partial charge on any atom is -0.471 e. The third kappa shape index (κ3) is 5.25. The van der Waals surface area contributed by atoms with Gasteiger partial charge in [-0.2, -0.15) is 23.4 Å². The fourth-order valence-electron chi connectivity index (χ4n) is 4.08. The van der Waals surface area contributed by atoms with Crippen molar-refractivity contribution in [2.24, 2.45) is 5.73 Å². The van der Waals surface area contributed by atoms with Gasteiger partial charge in [0.15, 0.2) is 12.4 Å². The molecule has 10 nitrogen and oxygen atoms in total. The van der Waals surface area contributed by atoms with Gasteiger partial charge >= 0.3 is 6.18 Å². The lowest BCUT2D eigenvalue weighted by molar-refractivity contribution is -0.140. The molecule has 0 aliphatic rings. The monoisotopic (exact) mass is 569 g/mol. The molecule has 4 aromatic heterocycles. The van der Waals surface area contributed by atoms with Crippen LogP contribution in [0.5, 0.6) is 5.75 Å². The average molecular weight is 570 g/mol. The van der Waals surface area contributed by atoms with Crippen LogP contribution in [0.3, 0.4) is 0 Å². The van der Waals surface area contributed by atoms with Crippen LogP contribution in [0.25, 0.3) is 21.3 Å². The summed E-state index contributed by atoms with van der Waals surface area (Å²) in [6.07, 6.45) is -1.62. The maximum Gasteiger partial charge on any atom is 0.433 e. The van der Waals surface area contributed by atoms with Crippen molar-refractivity contribution in [2.45, 2.75) is 33.3 Å². The minimum atomic E-state index is -4.76. The highest BCUT2D eigenvalue weighted by Crippen LogP contribution is 2.44. The summed E-state index contributed by atoms with van der Waals surface area (Å²) < 4.78 is 50.0. The van der Waals surface area contributed by atoms with Crippen molar-refractivity contribution in [3.8, 4) is 16.9 Å². The SMILES string of the molecule is CCn1cc(-c2cc(C(F)(F)F)nc3sc(C(N)=O)c(NC(=O)c4ccn(COc5ccccc5)n4)c23)c(C)n1. The first-order valence-corrected chi connectivity index (χ1v) is 12.8. The van der Waals surface area contributed by atoms with Gasteiger partial charge in [0.2, 0.25) is 0 Å². The molecule has 0 saturated heterocycles. The summed E-state index contributed by atoms with van der Waals surface area (Å²) in [5.74, 6) is -1.02. The van der Waals surface area contributed by atoms with Crippen molar-refractivity contribution >= 4 is 39.1 Å². The van der Waals surface area contributed by atoms with E-state index < -0.39 is 23.7 Å². The molecule has 2 amide bonds. The highest BCUT2D eigenvalue weighted by Gasteiger charge is 2.35. The molecule has 0 spiro atoms. The van der Waals surface area contributed by atoms with E-state index in [1.807, 2.05) is 25.1 Å². The summed E-state index contributed by atoms with van der Waals surface area (Å²) in [5, 5.41) is 11.3.